The van der Waals surface area contributed by atoms with Crippen LogP contribution in [0.3, 0.4) is 0 Å². The average Bonchev–Trinajstić information content (AvgIpc) is 3.04. The number of pyridine rings is 1. The van der Waals surface area contributed by atoms with Crippen LogP contribution < -0.4 is 10.3 Å². The van der Waals surface area contributed by atoms with Gasteiger partial charge in [-0.1, -0.05) is 30.3 Å². The highest BCUT2D eigenvalue weighted by Crippen LogP contribution is 2.43. The Bertz CT molecular complexity index is 1020. The van der Waals surface area contributed by atoms with Crippen LogP contribution in [0.1, 0.15) is 0 Å². The first-order valence-electron chi connectivity index (χ1n) is 7.98. The molecule has 5 nitrogen and oxygen atoms in total. The number of nitrogens with zero attached hydrogens (tertiary/aromatic N) is 1. The van der Waals surface area contributed by atoms with Gasteiger partial charge in [-0.25, -0.2) is 4.79 Å². The lowest BCUT2D eigenvalue weighted by atomic mass is 10.1. The first-order valence-corrected chi connectivity index (χ1v) is 9.85. The summed E-state index contributed by atoms with van der Waals surface area (Å²) in [4.78, 5) is 27.0. The summed E-state index contributed by atoms with van der Waals surface area (Å²) in [6.45, 7) is 0.540. The maximum absolute atomic E-state index is 13.2. The van der Waals surface area contributed by atoms with E-state index in [-0.39, 0.29) is 5.56 Å². The number of fused-ring (bicyclic) bond motifs is 3. The Kier molecular flexibility index (Phi) is 4.57. The number of rotatable bonds is 2. The molecule has 26 heavy (non-hydrogen) atoms. The monoisotopic (exact) mass is 385 g/mol. The van der Waals surface area contributed by atoms with Crippen molar-refractivity contribution in [2.75, 3.05) is 12.9 Å². The van der Waals surface area contributed by atoms with Crippen molar-refractivity contribution in [1.29, 1.82) is 0 Å². The molecule has 1 aliphatic heterocycles. The third kappa shape index (κ3) is 2.93. The summed E-state index contributed by atoms with van der Waals surface area (Å²) in [6, 6.07) is 13.0. The van der Waals surface area contributed by atoms with Gasteiger partial charge in [0.25, 0.3) is 5.56 Å². The number of carbonyl (C=O) groups excluding carboxylic acids is 1. The fourth-order valence-corrected chi connectivity index (χ4v) is 5.09. The van der Waals surface area contributed by atoms with Crippen LogP contribution in [0.4, 0.5) is 4.79 Å². The summed E-state index contributed by atoms with van der Waals surface area (Å²) in [5.41, 5.74) is 1.82. The van der Waals surface area contributed by atoms with E-state index in [1.807, 2.05) is 41.8 Å². The number of thiophene rings is 1. The van der Waals surface area contributed by atoms with Gasteiger partial charge in [0.15, 0.2) is 5.75 Å². The van der Waals surface area contributed by atoms with Crippen molar-refractivity contribution in [1.82, 2.24) is 4.57 Å². The zero-order valence-corrected chi connectivity index (χ0v) is 15.6. The molecule has 1 aromatic carbocycles. The van der Waals surface area contributed by atoms with E-state index in [0.717, 1.165) is 21.1 Å². The maximum Gasteiger partial charge on any atom is 0.513 e. The van der Waals surface area contributed by atoms with Crippen LogP contribution in [0.5, 0.6) is 5.75 Å². The summed E-state index contributed by atoms with van der Waals surface area (Å²) in [5, 5.41) is 1.98. The lowest BCUT2D eigenvalue weighted by Crippen LogP contribution is -2.25. The highest BCUT2D eigenvalue weighted by Gasteiger charge is 2.25. The molecule has 1 aliphatic rings. The van der Waals surface area contributed by atoms with Crippen molar-refractivity contribution >= 4 is 29.3 Å². The second kappa shape index (κ2) is 7.01. The quantitative estimate of drug-likeness (QED) is 0.608. The van der Waals surface area contributed by atoms with Crippen LogP contribution >= 0.6 is 23.1 Å². The third-order valence-electron chi connectivity index (χ3n) is 4.12. The number of methoxy groups -OCH3 is 1. The smallest absolute Gasteiger partial charge is 0.437 e. The first kappa shape index (κ1) is 16.9. The Morgan fingerprint density at radius 1 is 1.19 bits per heavy atom. The van der Waals surface area contributed by atoms with Crippen molar-refractivity contribution < 1.29 is 14.3 Å². The van der Waals surface area contributed by atoms with Crippen LogP contribution in [-0.2, 0) is 11.3 Å². The van der Waals surface area contributed by atoms with Gasteiger partial charge in [0, 0.05) is 17.2 Å². The fraction of sp³-hybridized carbons (Fsp3) is 0.158. The lowest BCUT2D eigenvalue weighted by Gasteiger charge is -2.16. The fourth-order valence-electron chi connectivity index (χ4n) is 2.95. The van der Waals surface area contributed by atoms with Gasteiger partial charge in [0.2, 0.25) is 0 Å². The van der Waals surface area contributed by atoms with Crippen molar-refractivity contribution in [2.45, 2.75) is 11.4 Å². The van der Waals surface area contributed by atoms with Gasteiger partial charge >= 0.3 is 6.16 Å². The molecule has 0 amide bonds. The lowest BCUT2D eigenvalue weighted by molar-refractivity contribution is 0.121. The normalized spacial score (nSPS) is 12.7. The minimum Gasteiger partial charge on any atom is -0.437 e. The molecule has 0 aliphatic carbocycles. The number of hydrogen-bond acceptors (Lipinski definition) is 6. The van der Waals surface area contributed by atoms with Crippen LogP contribution in [0.25, 0.3) is 21.7 Å². The number of ether oxygens (including phenoxy) is 2. The molecule has 7 heteroatoms. The topological polar surface area (TPSA) is 57.5 Å². The second-order valence-corrected chi connectivity index (χ2v) is 7.67. The van der Waals surface area contributed by atoms with Gasteiger partial charge in [-0.05, 0) is 23.1 Å². The van der Waals surface area contributed by atoms with E-state index in [0.29, 0.717) is 23.6 Å². The summed E-state index contributed by atoms with van der Waals surface area (Å²) in [7, 11) is 1.26. The molecule has 0 saturated carbocycles. The highest BCUT2D eigenvalue weighted by molar-refractivity contribution is 7.99. The molecular formula is C19H15NO4S2. The Labute approximate surface area is 158 Å². The third-order valence-corrected chi connectivity index (χ3v) is 6.20. The van der Waals surface area contributed by atoms with Crippen LogP contribution in [-0.4, -0.2) is 23.6 Å². The van der Waals surface area contributed by atoms with Crippen molar-refractivity contribution in [3.8, 4) is 27.4 Å². The Morgan fingerprint density at radius 2 is 2.00 bits per heavy atom. The molecule has 0 saturated heterocycles. The van der Waals surface area contributed by atoms with Gasteiger partial charge in [-0.15, -0.1) is 23.1 Å². The average molecular weight is 385 g/mol. The van der Waals surface area contributed by atoms with E-state index in [4.69, 9.17) is 4.74 Å². The molecular weight excluding hydrogens is 370 g/mol. The molecule has 0 spiro atoms. The van der Waals surface area contributed by atoms with Crippen LogP contribution in [0, 0.1) is 0 Å². The molecule has 0 atom stereocenters. The highest BCUT2D eigenvalue weighted by atomic mass is 32.2. The summed E-state index contributed by atoms with van der Waals surface area (Å²) < 4.78 is 11.8. The molecule has 0 bridgehead atoms. The first-order chi connectivity index (χ1) is 12.7. The summed E-state index contributed by atoms with van der Waals surface area (Å²) in [6.07, 6.45) is -0.805. The van der Waals surface area contributed by atoms with E-state index in [2.05, 4.69) is 4.74 Å². The van der Waals surface area contributed by atoms with Crippen LogP contribution in [0.15, 0.2) is 57.5 Å². The van der Waals surface area contributed by atoms with E-state index < -0.39 is 6.16 Å². The summed E-state index contributed by atoms with van der Waals surface area (Å²) in [5.74, 6) is 1.11. The number of aromatic nitrogens is 1. The second-order valence-electron chi connectivity index (χ2n) is 5.61. The maximum atomic E-state index is 13.2. The van der Waals surface area contributed by atoms with Gasteiger partial charge in [0.1, 0.15) is 5.69 Å². The number of carbonyl (C=O) groups is 1. The molecule has 132 valence electrons. The number of benzene rings is 1. The van der Waals surface area contributed by atoms with E-state index in [1.165, 1.54) is 18.4 Å². The van der Waals surface area contributed by atoms with Gasteiger partial charge in [-0.2, -0.15) is 0 Å². The SMILES string of the molecule is COC(=O)Oc1cc(-c2ccccc2)c(=O)n2c1-c1sccc1SCC2. The minimum atomic E-state index is -0.805. The predicted octanol–water partition coefficient (Wildman–Crippen LogP) is 4.49. The Hall–Kier alpha value is -2.51. The van der Waals surface area contributed by atoms with Crippen molar-refractivity contribution in [3.05, 3.63) is 58.2 Å². The van der Waals surface area contributed by atoms with E-state index in [1.54, 1.807) is 22.4 Å². The number of thioether (sulfide) groups is 1. The van der Waals surface area contributed by atoms with Gasteiger partial charge in [0.05, 0.1) is 17.6 Å². The largest absolute Gasteiger partial charge is 0.513 e. The Morgan fingerprint density at radius 3 is 2.77 bits per heavy atom. The zero-order chi connectivity index (χ0) is 18.1. The molecule has 3 aromatic rings. The molecule has 0 unspecified atom stereocenters. The molecule has 2 aromatic heterocycles. The van der Waals surface area contributed by atoms with Crippen molar-refractivity contribution in [3.63, 3.8) is 0 Å². The predicted molar refractivity (Wildman–Crippen MR) is 103 cm³/mol. The van der Waals surface area contributed by atoms with E-state index >= 15 is 0 Å². The molecule has 4 rings (SSSR count). The van der Waals surface area contributed by atoms with Crippen molar-refractivity contribution in [2.24, 2.45) is 0 Å². The standard InChI is InChI=1S/C19H15NO4S2/c1-23-19(22)24-14-11-13(12-5-3-2-4-6-12)18(21)20-8-10-25-15-7-9-26-17(15)16(14)20/h2-7,9,11H,8,10H2,1H3. The van der Waals surface area contributed by atoms with Crippen LogP contribution in [0.2, 0.25) is 0 Å². The Balaban J connectivity index is 2.00. The molecule has 0 N–H and O–H groups in total. The van der Waals surface area contributed by atoms with Gasteiger partial charge < -0.3 is 14.0 Å². The molecule has 0 radical (unpaired) electrons. The molecule has 0 fully saturated rings. The molecule has 3 heterocycles. The van der Waals surface area contributed by atoms with E-state index in [9.17, 15) is 9.59 Å². The summed E-state index contributed by atoms with van der Waals surface area (Å²) >= 11 is 3.22. The number of hydrogen-bond donors (Lipinski definition) is 0. The zero-order valence-electron chi connectivity index (χ0n) is 13.9. The van der Waals surface area contributed by atoms with Gasteiger partial charge in [-0.3, -0.25) is 4.79 Å². The minimum absolute atomic E-state index is 0.0923.